The Morgan fingerprint density at radius 1 is 0.447 bits per heavy atom. The zero-order chi connectivity index (χ0) is 35.5. The summed E-state index contributed by atoms with van der Waals surface area (Å²) in [5.74, 6) is 1.48. The Morgan fingerprint density at radius 2 is 1.13 bits per heavy atom. The van der Waals surface area contributed by atoms with E-state index in [0.29, 0.717) is 45.2 Å². The highest BCUT2D eigenvalue weighted by Crippen LogP contribution is 2.42. The predicted octanol–water partition coefficient (Wildman–Crippen LogP) is 11.3. The second-order valence-corrected chi connectivity index (χ2v) is 11.3. The molecule has 0 radical (unpaired) electrons. The van der Waals surface area contributed by atoms with Gasteiger partial charge in [0.2, 0.25) is 0 Å². The molecule has 220 valence electrons. The lowest BCUT2D eigenvalue weighted by Gasteiger charge is -2.10. The van der Waals surface area contributed by atoms with Gasteiger partial charge in [-0.15, -0.1) is 0 Å². The Hall–Kier alpha value is -6.39. The zero-order valence-electron chi connectivity index (χ0n) is 30.0. The van der Waals surface area contributed by atoms with E-state index < -0.39 is 18.1 Å². The van der Waals surface area contributed by atoms with Crippen LogP contribution in [0.2, 0.25) is 0 Å². The molecule has 0 saturated carbocycles. The number of hydrogen-bond donors (Lipinski definition) is 0. The molecule has 2 heterocycles. The van der Waals surface area contributed by atoms with Gasteiger partial charge in [-0.1, -0.05) is 139 Å². The molecule has 0 fully saturated rings. The SMILES string of the molecule is [2H]c1c([2H])c([2H])c(-c2cc(-c3ccccc3)cc3c2oc2cccc(-c4nc(-c5ccccc5)nc(-c5ccc6ccccc6c5)n4)c23)c([2H])c1[2H]. The number of furan rings is 1. The molecule has 0 unspecified atom stereocenters. The Labute approximate surface area is 278 Å². The van der Waals surface area contributed by atoms with Gasteiger partial charge >= 0.3 is 0 Å². The first-order valence-corrected chi connectivity index (χ1v) is 15.3. The van der Waals surface area contributed by atoms with Crippen molar-refractivity contribution in [3.63, 3.8) is 0 Å². The highest BCUT2D eigenvalue weighted by Gasteiger charge is 2.21. The van der Waals surface area contributed by atoms with E-state index in [1.54, 1.807) is 0 Å². The van der Waals surface area contributed by atoms with Crippen LogP contribution in [0.25, 0.3) is 89.1 Å². The zero-order valence-corrected chi connectivity index (χ0v) is 25.0. The maximum atomic E-state index is 8.85. The van der Waals surface area contributed by atoms with Crippen molar-refractivity contribution in [2.75, 3.05) is 0 Å². The first-order chi connectivity index (χ1) is 25.4. The normalized spacial score (nSPS) is 12.9. The van der Waals surface area contributed by atoms with Crippen molar-refractivity contribution in [2.24, 2.45) is 0 Å². The van der Waals surface area contributed by atoms with Crippen LogP contribution in [-0.4, -0.2) is 15.0 Å². The molecule has 0 N–H and O–H groups in total. The van der Waals surface area contributed by atoms with E-state index in [9.17, 15) is 0 Å². The van der Waals surface area contributed by atoms with Gasteiger partial charge in [0.15, 0.2) is 17.5 Å². The fraction of sp³-hybridized carbons (Fsp3) is 0. The van der Waals surface area contributed by atoms with Crippen LogP contribution in [0.3, 0.4) is 0 Å². The summed E-state index contributed by atoms with van der Waals surface area (Å²) in [7, 11) is 0. The highest BCUT2D eigenvalue weighted by atomic mass is 16.3. The molecule has 0 amide bonds. The molecular formula is C43H27N3O. The maximum absolute atomic E-state index is 8.85. The summed E-state index contributed by atoms with van der Waals surface area (Å²) >= 11 is 0. The van der Waals surface area contributed by atoms with Gasteiger partial charge in [-0.3, -0.25) is 0 Å². The summed E-state index contributed by atoms with van der Waals surface area (Å²) in [5, 5.41) is 3.61. The van der Waals surface area contributed by atoms with Crippen molar-refractivity contribution in [3.05, 3.63) is 164 Å². The summed E-state index contributed by atoms with van der Waals surface area (Å²) in [6.07, 6.45) is 0. The Balaban J connectivity index is 1.35. The van der Waals surface area contributed by atoms with Crippen LogP contribution < -0.4 is 0 Å². The van der Waals surface area contributed by atoms with Crippen molar-refractivity contribution in [2.45, 2.75) is 0 Å². The van der Waals surface area contributed by atoms with Gasteiger partial charge < -0.3 is 4.42 Å². The summed E-state index contributed by atoms with van der Waals surface area (Å²) in [6.45, 7) is 0. The molecule has 0 aliphatic heterocycles. The lowest BCUT2D eigenvalue weighted by atomic mass is 9.95. The van der Waals surface area contributed by atoms with Crippen molar-refractivity contribution in [3.8, 4) is 56.4 Å². The molecule has 0 bridgehead atoms. The average molecular weight is 607 g/mol. The Bertz CT molecular complexity index is 2830. The number of hydrogen-bond acceptors (Lipinski definition) is 4. The lowest BCUT2D eigenvalue weighted by Crippen LogP contribution is -2.00. The molecule has 0 atom stereocenters. The molecule has 0 spiro atoms. The van der Waals surface area contributed by atoms with Crippen molar-refractivity contribution >= 4 is 32.7 Å². The van der Waals surface area contributed by atoms with Crippen molar-refractivity contribution in [1.29, 1.82) is 0 Å². The second-order valence-electron chi connectivity index (χ2n) is 11.3. The smallest absolute Gasteiger partial charge is 0.164 e. The number of rotatable bonds is 5. The minimum absolute atomic E-state index is 0.0690. The molecule has 9 aromatic rings. The molecule has 0 aliphatic rings. The van der Waals surface area contributed by atoms with Crippen LogP contribution >= 0.6 is 0 Å². The van der Waals surface area contributed by atoms with Crippen LogP contribution in [0.15, 0.2) is 168 Å². The van der Waals surface area contributed by atoms with E-state index in [0.717, 1.165) is 38.4 Å². The molecule has 0 saturated heterocycles. The fourth-order valence-electron chi connectivity index (χ4n) is 6.15. The second kappa shape index (κ2) is 11.2. The largest absolute Gasteiger partial charge is 0.455 e. The van der Waals surface area contributed by atoms with Gasteiger partial charge in [-0.05, 0) is 51.7 Å². The highest BCUT2D eigenvalue weighted by molar-refractivity contribution is 6.16. The molecule has 2 aromatic heterocycles. The van der Waals surface area contributed by atoms with Crippen molar-refractivity contribution in [1.82, 2.24) is 15.0 Å². The quantitative estimate of drug-likeness (QED) is 0.196. The minimum Gasteiger partial charge on any atom is -0.455 e. The van der Waals surface area contributed by atoms with E-state index >= 15 is 0 Å². The third-order valence-electron chi connectivity index (χ3n) is 8.39. The van der Waals surface area contributed by atoms with Crippen LogP contribution in [0.4, 0.5) is 0 Å². The van der Waals surface area contributed by atoms with E-state index in [2.05, 4.69) is 24.3 Å². The van der Waals surface area contributed by atoms with Crippen molar-refractivity contribution < 1.29 is 11.3 Å². The third kappa shape index (κ3) is 4.84. The Morgan fingerprint density at radius 3 is 1.91 bits per heavy atom. The standard InChI is InChI=1S/C43H27N3O/c1-4-13-28(14-5-1)34-26-36(30-16-6-2-7-17-30)40-37(27-34)39-35(21-12-22-38(39)47-40)43-45-41(31-18-8-3-9-19-31)44-42(46-43)33-24-23-29-15-10-11-20-32(29)25-33/h1-27H/i2D,6D,7D,16D,17D. The topological polar surface area (TPSA) is 51.8 Å². The predicted molar refractivity (Wildman–Crippen MR) is 192 cm³/mol. The molecule has 47 heavy (non-hydrogen) atoms. The molecule has 4 heteroatoms. The minimum atomic E-state index is -0.452. The van der Waals surface area contributed by atoms with Crippen LogP contribution in [0.1, 0.15) is 6.85 Å². The van der Waals surface area contributed by atoms with Gasteiger partial charge in [0.25, 0.3) is 0 Å². The number of fused-ring (bicyclic) bond motifs is 4. The van der Waals surface area contributed by atoms with E-state index in [4.69, 9.17) is 26.2 Å². The number of benzene rings is 7. The Kier molecular flexibility index (Phi) is 5.28. The fourth-order valence-corrected chi connectivity index (χ4v) is 6.15. The van der Waals surface area contributed by atoms with Gasteiger partial charge in [0.1, 0.15) is 11.2 Å². The molecule has 7 aromatic carbocycles. The third-order valence-corrected chi connectivity index (χ3v) is 8.39. The van der Waals surface area contributed by atoms with E-state index in [-0.39, 0.29) is 17.6 Å². The molecular weight excluding hydrogens is 574 g/mol. The first-order valence-electron chi connectivity index (χ1n) is 17.8. The summed E-state index contributed by atoms with van der Waals surface area (Å²) < 4.78 is 49.4. The average Bonchev–Trinajstić information content (AvgIpc) is 3.59. The lowest BCUT2D eigenvalue weighted by molar-refractivity contribution is 0.670. The maximum Gasteiger partial charge on any atom is 0.164 e. The van der Waals surface area contributed by atoms with Gasteiger partial charge in [-0.2, -0.15) is 0 Å². The van der Waals surface area contributed by atoms with Crippen LogP contribution in [0, 0.1) is 0 Å². The summed E-state index contributed by atoms with van der Waals surface area (Å²) in [5.41, 5.74) is 5.49. The monoisotopic (exact) mass is 606 g/mol. The molecule has 9 rings (SSSR count). The van der Waals surface area contributed by atoms with E-state index in [1.807, 2.05) is 109 Å². The molecule has 0 aliphatic carbocycles. The summed E-state index contributed by atoms with van der Waals surface area (Å²) in [6, 6.07) is 41.5. The van der Waals surface area contributed by atoms with Gasteiger partial charge in [0.05, 0.1) is 6.85 Å². The summed E-state index contributed by atoms with van der Waals surface area (Å²) in [4.78, 5) is 15.0. The van der Waals surface area contributed by atoms with Gasteiger partial charge in [-0.25, -0.2) is 15.0 Å². The van der Waals surface area contributed by atoms with Crippen LogP contribution in [0.5, 0.6) is 0 Å². The van der Waals surface area contributed by atoms with Crippen LogP contribution in [-0.2, 0) is 0 Å². The number of aromatic nitrogens is 3. The number of nitrogens with zero attached hydrogens (tertiary/aromatic N) is 3. The van der Waals surface area contributed by atoms with E-state index in [1.165, 1.54) is 0 Å². The first kappa shape index (κ1) is 22.2. The van der Waals surface area contributed by atoms with Gasteiger partial charge in [0, 0.05) is 33.0 Å². The molecule has 4 nitrogen and oxygen atoms in total.